The van der Waals surface area contributed by atoms with Crippen LogP contribution in [0.3, 0.4) is 0 Å². The fourth-order valence-electron chi connectivity index (χ4n) is 1.96. The summed E-state index contributed by atoms with van der Waals surface area (Å²) in [6, 6.07) is -0.864. The maximum Gasteiger partial charge on any atom is 0.411 e. The van der Waals surface area contributed by atoms with Crippen LogP contribution in [0, 0.1) is 0 Å². The lowest BCUT2D eigenvalue weighted by Crippen LogP contribution is -2.43. The minimum Gasteiger partial charge on any atom is -0.480 e. The van der Waals surface area contributed by atoms with Gasteiger partial charge in [0.2, 0.25) is 0 Å². The lowest BCUT2D eigenvalue weighted by Gasteiger charge is -2.26. The highest BCUT2D eigenvalue weighted by atomic mass is 16.6. The van der Waals surface area contributed by atoms with Gasteiger partial charge in [-0.15, -0.1) is 0 Å². The maximum atomic E-state index is 12.0. The van der Waals surface area contributed by atoms with Crippen LogP contribution >= 0.6 is 0 Å². The summed E-state index contributed by atoms with van der Waals surface area (Å²) >= 11 is 0. The smallest absolute Gasteiger partial charge is 0.411 e. The molecule has 0 saturated carbocycles. The lowest BCUT2D eigenvalue weighted by molar-refractivity contribution is -0.142. The van der Waals surface area contributed by atoms with Crippen molar-refractivity contribution in [1.82, 2.24) is 4.90 Å². The number of likely N-dealkylation sites (tertiary alicyclic amines) is 1. The van der Waals surface area contributed by atoms with Crippen LogP contribution in [0.2, 0.25) is 0 Å². The van der Waals surface area contributed by atoms with Gasteiger partial charge in [-0.2, -0.15) is 0 Å². The highest BCUT2D eigenvalue weighted by Gasteiger charge is 2.41. The van der Waals surface area contributed by atoms with E-state index in [2.05, 4.69) is 0 Å². The second-order valence-electron chi connectivity index (χ2n) is 5.72. The van der Waals surface area contributed by atoms with E-state index >= 15 is 0 Å². The van der Waals surface area contributed by atoms with Crippen molar-refractivity contribution in [3.05, 3.63) is 0 Å². The maximum absolute atomic E-state index is 12.0. The van der Waals surface area contributed by atoms with Crippen LogP contribution in [0.1, 0.15) is 40.5 Å². The van der Waals surface area contributed by atoms with E-state index in [4.69, 9.17) is 14.6 Å². The molecule has 1 unspecified atom stereocenters. The highest BCUT2D eigenvalue weighted by molar-refractivity contribution is 5.81. The Hall–Kier alpha value is -1.30. The molecule has 1 saturated heterocycles. The molecule has 6 nitrogen and oxygen atoms in total. The molecular formula is C13H23NO5. The van der Waals surface area contributed by atoms with E-state index in [1.54, 1.807) is 20.8 Å². The van der Waals surface area contributed by atoms with Crippen molar-refractivity contribution < 1.29 is 24.2 Å². The third kappa shape index (κ3) is 4.70. The Bertz CT molecular complexity index is 336. The van der Waals surface area contributed by atoms with Gasteiger partial charge in [-0.05, 0) is 27.2 Å². The summed E-state index contributed by atoms with van der Waals surface area (Å²) in [6.45, 7) is 8.08. The van der Waals surface area contributed by atoms with Gasteiger partial charge >= 0.3 is 12.1 Å². The zero-order valence-corrected chi connectivity index (χ0v) is 12.0. The average molecular weight is 273 g/mol. The first-order chi connectivity index (χ1) is 8.74. The van der Waals surface area contributed by atoms with Gasteiger partial charge in [-0.3, -0.25) is 4.90 Å². The van der Waals surface area contributed by atoms with Crippen LogP contribution in [0.4, 0.5) is 4.79 Å². The summed E-state index contributed by atoms with van der Waals surface area (Å²) < 4.78 is 10.8. The minimum absolute atomic E-state index is 0.228. The van der Waals surface area contributed by atoms with Gasteiger partial charge in [-0.1, -0.05) is 6.92 Å². The molecule has 1 N–H and O–H groups in total. The second-order valence-corrected chi connectivity index (χ2v) is 5.72. The number of hydrogen-bond donors (Lipinski definition) is 1. The van der Waals surface area contributed by atoms with Crippen molar-refractivity contribution in [1.29, 1.82) is 0 Å². The van der Waals surface area contributed by atoms with Gasteiger partial charge in [0, 0.05) is 13.0 Å². The number of carboxylic acids is 1. The first-order valence-electron chi connectivity index (χ1n) is 6.58. The van der Waals surface area contributed by atoms with E-state index in [0.29, 0.717) is 13.0 Å². The average Bonchev–Trinajstić information content (AvgIpc) is 2.68. The first-order valence-corrected chi connectivity index (χ1v) is 6.58. The van der Waals surface area contributed by atoms with Crippen LogP contribution in [-0.2, 0) is 14.3 Å². The van der Waals surface area contributed by atoms with E-state index in [1.807, 2.05) is 6.92 Å². The van der Waals surface area contributed by atoms with Crippen molar-refractivity contribution in [3.63, 3.8) is 0 Å². The predicted octanol–water partition coefficient (Wildman–Crippen LogP) is 1.88. The Kier molecular flexibility index (Phi) is 5.17. The fraction of sp³-hybridized carbons (Fsp3) is 0.846. The van der Waals surface area contributed by atoms with Crippen LogP contribution < -0.4 is 0 Å². The van der Waals surface area contributed by atoms with E-state index in [1.165, 1.54) is 4.90 Å². The van der Waals surface area contributed by atoms with Gasteiger partial charge in [0.15, 0.2) is 0 Å². The summed E-state index contributed by atoms with van der Waals surface area (Å²) in [7, 11) is 0. The summed E-state index contributed by atoms with van der Waals surface area (Å²) in [5.74, 6) is -1.02. The topological polar surface area (TPSA) is 76.1 Å². The van der Waals surface area contributed by atoms with Gasteiger partial charge < -0.3 is 14.6 Å². The predicted molar refractivity (Wildman–Crippen MR) is 69.0 cm³/mol. The molecule has 1 fully saturated rings. The number of hydrogen-bond acceptors (Lipinski definition) is 4. The molecule has 1 amide bonds. The van der Waals surface area contributed by atoms with Crippen molar-refractivity contribution >= 4 is 12.1 Å². The molecule has 110 valence electrons. The monoisotopic (exact) mass is 273 g/mol. The zero-order chi connectivity index (χ0) is 14.6. The second kappa shape index (κ2) is 6.23. The zero-order valence-electron chi connectivity index (χ0n) is 12.0. The Morgan fingerprint density at radius 1 is 1.37 bits per heavy atom. The molecular weight excluding hydrogens is 250 g/mol. The molecule has 0 aromatic rings. The van der Waals surface area contributed by atoms with Crippen molar-refractivity contribution in [2.45, 2.75) is 58.3 Å². The van der Waals surface area contributed by atoms with Crippen molar-refractivity contribution in [3.8, 4) is 0 Å². The van der Waals surface area contributed by atoms with Gasteiger partial charge in [0.05, 0.1) is 12.6 Å². The summed E-state index contributed by atoms with van der Waals surface area (Å²) in [5, 5.41) is 9.17. The number of carboxylic acid groups (broad SMARTS) is 1. The molecule has 0 spiro atoms. The molecule has 0 aliphatic carbocycles. The Morgan fingerprint density at radius 3 is 2.47 bits per heavy atom. The number of carbonyl (C=O) groups is 2. The molecule has 19 heavy (non-hydrogen) atoms. The molecule has 1 aliphatic rings. The largest absolute Gasteiger partial charge is 0.480 e. The van der Waals surface area contributed by atoms with Crippen LogP contribution in [0.25, 0.3) is 0 Å². The number of aliphatic carboxylic acids is 1. The quantitative estimate of drug-likeness (QED) is 0.846. The summed E-state index contributed by atoms with van der Waals surface area (Å²) in [5.41, 5.74) is -0.636. The van der Waals surface area contributed by atoms with Crippen molar-refractivity contribution in [2.75, 3.05) is 13.2 Å². The SMILES string of the molecule is CCCOC1C[C@@H](C(=O)O)N(C(=O)OC(C)(C)C)C1. The van der Waals surface area contributed by atoms with Crippen molar-refractivity contribution in [2.24, 2.45) is 0 Å². The molecule has 0 aromatic heterocycles. The highest BCUT2D eigenvalue weighted by Crippen LogP contribution is 2.23. The number of amides is 1. The molecule has 0 aromatic carbocycles. The number of ether oxygens (including phenoxy) is 2. The Labute approximate surface area is 113 Å². The first kappa shape index (κ1) is 15.8. The fourth-order valence-corrected chi connectivity index (χ4v) is 1.96. The normalized spacial score (nSPS) is 23.5. The minimum atomic E-state index is -1.02. The lowest BCUT2D eigenvalue weighted by atomic mass is 10.2. The third-order valence-electron chi connectivity index (χ3n) is 2.73. The van der Waals surface area contributed by atoms with Crippen LogP contribution in [0.15, 0.2) is 0 Å². The van der Waals surface area contributed by atoms with Crippen LogP contribution in [0.5, 0.6) is 0 Å². The van der Waals surface area contributed by atoms with Gasteiger partial charge in [0.1, 0.15) is 11.6 Å². The molecule has 1 rings (SSSR count). The summed E-state index contributed by atoms with van der Waals surface area (Å²) in [6.07, 6.45) is 0.353. The Balaban J connectivity index is 2.68. The van der Waals surface area contributed by atoms with E-state index in [9.17, 15) is 9.59 Å². The number of rotatable bonds is 4. The molecule has 2 atom stereocenters. The third-order valence-corrected chi connectivity index (χ3v) is 2.73. The van der Waals surface area contributed by atoms with Gasteiger partial charge in [-0.25, -0.2) is 9.59 Å². The van der Waals surface area contributed by atoms with E-state index in [-0.39, 0.29) is 12.6 Å². The van der Waals surface area contributed by atoms with Crippen LogP contribution in [-0.4, -0.2) is 53.0 Å². The molecule has 1 heterocycles. The number of carbonyl (C=O) groups excluding carboxylic acids is 1. The van der Waals surface area contributed by atoms with Gasteiger partial charge in [0.25, 0.3) is 0 Å². The Morgan fingerprint density at radius 2 is 2.00 bits per heavy atom. The van der Waals surface area contributed by atoms with E-state index in [0.717, 1.165) is 6.42 Å². The molecule has 6 heteroatoms. The van der Waals surface area contributed by atoms with E-state index < -0.39 is 23.7 Å². The number of nitrogens with zero attached hydrogens (tertiary/aromatic N) is 1. The molecule has 0 radical (unpaired) electrons. The standard InChI is InChI=1S/C13H23NO5/c1-5-6-18-9-7-10(11(15)16)14(8-9)12(17)19-13(2,3)4/h9-10H,5-8H2,1-4H3,(H,15,16)/t9?,10-/m0/s1. The summed E-state index contributed by atoms with van der Waals surface area (Å²) in [4.78, 5) is 24.4. The molecule has 1 aliphatic heterocycles. The molecule has 0 bridgehead atoms.